The van der Waals surface area contributed by atoms with Gasteiger partial charge in [0.2, 0.25) is 0 Å². The van der Waals surface area contributed by atoms with Crippen molar-refractivity contribution in [2.24, 2.45) is 0 Å². The minimum atomic E-state index is -0.609. The second-order valence-corrected chi connectivity index (χ2v) is 4.81. The van der Waals surface area contributed by atoms with E-state index < -0.39 is 6.10 Å². The molecule has 0 heterocycles. The van der Waals surface area contributed by atoms with Gasteiger partial charge in [-0.25, -0.2) is 0 Å². The molecule has 0 aliphatic heterocycles. The highest BCUT2D eigenvalue weighted by Gasteiger charge is 2.10. The van der Waals surface area contributed by atoms with Gasteiger partial charge in [-0.1, -0.05) is 31.2 Å². The van der Waals surface area contributed by atoms with Crippen LogP contribution in [-0.2, 0) is 6.42 Å². The lowest BCUT2D eigenvalue weighted by Crippen LogP contribution is -2.03. The van der Waals surface area contributed by atoms with E-state index in [1.807, 2.05) is 30.3 Å². The van der Waals surface area contributed by atoms with Crippen molar-refractivity contribution < 1.29 is 14.9 Å². The van der Waals surface area contributed by atoms with Crippen LogP contribution in [0.2, 0.25) is 0 Å². The molecule has 0 aromatic heterocycles. The van der Waals surface area contributed by atoms with Gasteiger partial charge in [-0.2, -0.15) is 0 Å². The number of rotatable bonds is 6. The molecular formula is C17H20O3. The maximum Gasteiger partial charge on any atom is 0.119 e. The molecule has 1 atom stereocenters. The van der Waals surface area contributed by atoms with E-state index in [1.165, 1.54) is 0 Å². The van der Waals surface area contributed by atoms with Crippen molar-refractivity contribution in [3.8, 4) is 11.5 Å². The summed E-state index contributed by atoms with van der Waals surface area (Å²) in [5, 5.41) is 19.7. The first-order valence-corrected chi connectivity index (χ1v) is 6.87. The van der Waals surface area contributed by atoms with Crippen molar-refractivity contribution in [2.45, 2.75) is 25.9 Å². The van der Waals surface area contributed by atoms with Crippen molar-refractivity contribution in [3.63, 3.8) is 0 Å². The number of aromatic hydroxyl groups is 1. The lowest BCUT2D eigenvalue weighted by Gasteiger charge is -2.13. The summed E-state index contributed by atoms with van der Waals surface area (Å²) in [6, 6.07) is 14.5. The molecule has 2 aromatic rings. The van der Waals surface area contributed by atoms with Crippen LogP contribution in [0.4, 0.5) is 0 Å². The van der Waals surface area contributed by atoms with Gasteiger partial charge in [0.1, 0.15) is 11.5 Å². The smallest absolute Gasteiger partial charge is 0.119 e. The fourth-order valence-corrected chi connectivity index (χ4v) is 2.06. The van der Waals surface area contributed by atoms with E-state index in [9.17, 15) is 10.2 Å². The number of aliphatic hydroxyl groups is 1. The monoisotopic (exact) mass is 272 g/mol. The fraction of sp³-hybridized carbons (Fsp3) is 0.294. The number of benzene rings is 2. The van der Waals surface area contributed by atoms with Crippen LogP contribution < -0.4 is 4.74 Å². The molecular weight excluding hydrogens is 252 g/mol. The summed E-state index contributed by atoms with van der Waals surface area (Å²) < 4.78 is 5.56. The highest BCUT2D eigenvalue weighted by Crippen LogP contribution is 2.23. The van der Waals surface area contributed by atoms with E-state index in [0.717, 1.165) is 23.3 Å². The minimum Gasteiger partial charge on any atom is -0.508 e. The van der Waals surface area contributed by atoms with Gasteiger partial charge in [-0.3, -0.25) is 0 Å². The molecule has 0 amide bonds. The van der Waals surface area contributed by atoms with E-state index >= 15 is 0 Å². The van der Waals surface area contributed by atoms with Crippen LogP contribution in [0.3, 0.4) is 0 Å². The molecule has 1 unspecified atom stereocenters. The Hall–Kier alpha value is -2.00. The van der Waals surface area contributed by atoms with E-state index in [1.54, 1.807) is 18.2 Å². The first-order chi connectivity index (χ1) is 9.69. The Morgan fingerprint density at radius 2 is 1.90 bits per heavy atom. The van der Waals surface area contributed by atoms with E-state index in [4.69, 9.17) is 4.74 Å². The van der Waals surface area contributed by atoms with Gasteiger partial charge < -0.3 is 14.9 Å². The summed E-state index contributed by atoms with van der Waals surface area (Å²) in [6.07, 6.45) is 0.809. The van der Waals surface area contributed by atoms with Crippen LogP contribution in [0.15, 0.2) is 48.5 Å². The zero-order chi connectivity index (χ0) is 14.4. The highest BCUT2D eigenvalue weighted by atomic mass is 16.5. The van der Waals surface area contributed by atoms with Crippen LogP contribution in [-0.4, -0.2) is 16.8 Å². The van der Waals surface area contributed by atoms with Crippen LogP contribution >= 0.6 is 0 Å². The summed E-state index contributed by atoms with van der Waals surface area (Å²) in [7, 11) is 0. The molecule has 106 valence electrons. The number of phenols is 1. The number of phenolic OH excluding ortho intramolecular Hbond substituents is 1. The summed E-state index contributed by atoms with van der Waals surface area (Å²) in [4.78, 5) is 0. The van der Waals surface area contributed by atoms with Gasteiger partial charge >= 0.3 is 0 Å². The Labute approximate surface area is 119 Å². The lowest BCUT2D eigenvalue weighted by atomic mass is 10.0. The minimum absolute atomic E-state index is 0.217. The van der Waals surface area contributed by atoms with Crippen molar-refractivity contribution >= 4 is 0 Å². The molecule has 0 aliphatic rings. The first-order valence-electron chi connectivity index (χ1n) is 6.87. The van der Waals surface area contributed by atoms with Crippen molar-refractivity contribution in [1.82, 2.24) is 0 Å². The summed E-state index contributed by atoms with van der Waals surface area (Å²) in [5.74, 6) is 0.994. The van der Waals surface area contributed by atoms with Crippen molar-refractivity contribution in [2.75, 3.05) is 6.61 Å². The van der Waals surface area contributed by atoms with Gasteiger partial charge in [-0.05, 0) is 41.8 Å². The van der Waals surface area contributed by atoms with Gasteiger partial charge in [0, 0.05) is 6.42 Å². The lowest BCUT2D eigenvalue weighted by molar-refractivity contribution is 0.177. The molecule has 3 heteroatoms. The van der Waals surface area contributed by atoms with Crippen LogP contribution in [0.1, 0.15) is 30.6 Å². The maximum atomic E-state index is 10.3. The van der Waals surface area contributed by atoms with Crippen LogP contribution in [0, 0.1) is 0 Å². The molecule has 2 rings (SSSR count). The first kappa shape index (κ1) is 14.4. The predicted octanol–water partition coefficient (Wildman–Crippen LogP) is 3.46. The summed E-state index contributed by atoms with van der Waals surface area (Å²) in [6.45, 7) is 2.73. The summed E-state index contributed by atoms with van der Waals surface area (Å²) >= 11 is 0. The quantitative estimate of drug-likeness (QED) is 0.846. The Kier molecular flexibility index (Phi) is 5.02. The molecule has 0 fully saturated rings. The van der Waals surface area contributed by atoms with E-state index in [0.29, 0.717) is 13.0 Å². The Bertz CT molecular complexity index is 551. The normalized spacial score (nSPS) is 12.1. The average Bonchev–Trinajstić information content (AvgIpc) is 2.45. The SMILES string of the molecule is CCCOc1cccc(C(O)Cc2cccc(O)c2)c1. The summed E-state index contributed by atoms with van der Waals surface area (Å²) in [5.41, 5.74) is 1.72. The molecule has 2 N–H and O–H groups in total. The largest absolute Gasteiger partial charge is 0.508 e. The van der Waals surface area contributed by atoms with Crippen molar-refractivity contribution in [3.05, 3.63) is 59.7 Å². The Morgan fingerprint density at radius 3 is 2.65 bits per heavy atom. The van der Waals surface area contributed by atoms with E-state index in [-0.39, 0.29) is 5.75 Å². The topological polar surface area (TPSA) is 49.7 Å². The number of ether oxygens (including phenoxy) is 1. The highest BCUT2D eigenvalue weighted by molar-refractivity contribution is 5.32. The van der Waals surface area contributed by atoms with Crippen LogP contribution in [0.25, 0.3) is 0 Å². The molecule has 2 aromatic carbocycles. The molecule has 0 spiro atoms. The fourth-order valence-electron chi connectivity index (χ4n) is 2.06. The molecule has 3 nitrogen and oxygen atoms in total. The molecule has 0 bridgehead atoms. The molecule has 0 aliphatic carbocycles. The van der Waals surface area contributed by atoms with E-state index in [2.05, 4.69) is 6.92 Å². The molecule has 0 saturated carbocycles. The number of hydrogen-bond donors (Lipinski definition) is 2. The Morgan fingerprint density at radius 1 is 1.10 bits per heavy atom. The zero-order valence-electron chi connectivity index (χ0n) is 11.6. The zero-order valence-corrected chi connectivity index (χ0v) is 11.6. The predicted molar refractivity (Wildman–Crippen MR) is 79.0 cm³/mol. The van der Waals surface area contributed by atoms with Gasteiger partial charge in [0.05, 0.1) is 12.7 Å². The van der Waals surface area contributed by atoms with Gasteiger partial charge in [0.25, 0.3) is 0 Å². The third-order valence-corrected chi connectivity index (χ3v) is 3.06. The number of aliphatic hydroxyl groups excluding tert-OH is 1. The van der Waals surface area contributed by atoms with Gasteiger partial charge in [0.15, 0.2) is 0 Å². The Balaban J connectivity index is 2.06. The second kappa shape index (κ2) is 6.96. The molecule has 20 heavy (non-hydrogen) atoms. The maximum absolute atomic E-state index is 10.3. The second-order valence-electron chi connectivity index (χ2n) is 4.81. The number of hydrogen-bond acceptors (Lipinski definition) is 3. The molecule has 0 radical (unpaired) electrons. The van der Waals surface area contributed by atoms with Crippen molar-refractivity contribution in [1.29, 1.82) is 0 Å². The van der Waals surface area contributed by atoms with Crippen LogP contribution in [0.5, 0.6) is 11.5 Å². The standard InChI is InChI=1S/C17H20O3/c1-2-9-20-16-8-4-6-14(12-16)17(19)11-13-5-3-7-15(18)10-13/h3-8,10,12,17-19H,2,9,11H2,1H3. The van der Waals surface area contributed by atoms with Gasteiger partial charge in [-0.15, -0.1) is 0 Å². The molecule has 0 saturated heterocycles. The third-order valence-electron chi connectivity index (χ3n) is 3.06. The average molecular weight is 272 g/mol. The third kappa shape index (κ3) is 4.00.